The molecule has 2 aromatic rings. The van der Waals surface area contributed by atoms with Crippen molar-refractivity contribution in [1.29, 1.82) is 0 Å². The molecule has 0 aliphatic carbocycles. The van der Waals surface area contributed by atoms with Crippen molar-refractivity contribution in [3.05, 3.63) is 53.4 Å². The lowest BCUT2D eigenvalue weighted by atomic mass is 10.0. The van der Waals surface area contributed by atoms with Gasteiger partial charge < -0.3 is 16.2 Å². The molecular formula is C18H18N6O4S2. The monoisotopic (exact) mass is 446 g/mol. The van der Waals surface area contributed by atoms with E-state index in [1.165, 1.54) is 28.4 Å². The molecule has 12 heteroatoms. The second kappa shape index (κ2) is 8.50. The fraction of sp³-hybridized carbons (Fsp3) is 0.278. The molecule has 4 rings (SSSR count). The molecule has 10 nitrogen and oxygen atoms in total. The van der Waals surface area contributed by atoms with Crippen molar-refractivity contribution in [2.24, 2.45) is 5.73 Å². The smallest absolute Gasteiger partial charge is 0.352 e. The number of nitrogens with zero attached hydrogens (tertiary/aromatic N) is 3. The maximum Gasteiger partial charge on any atom is 0.352 e. The second-order valence-corrected chi connectivity index (χ2v) is 8.74. The van der Waals surface area contributed by atoms with Gasteiger partial charge in [-0.05, 0) is 11.1 Å². The highest BCUT2D eigenvalue weighted by molar-refractivity contribution is 8.01. The maximum atomic E-state index is 12.7. The Bertz CT molecular complexity index is 997. The summed E-state index contributed by atoms with van der Waals surface area (Å²) in [5.41, 5.74) is 7.22. The number of hydrogen-bond donors (Lipinski definition) is 4. The second-order valence-electron chi connectivity index (χ2n) is 6.64. The summed E-state index contributed by atoms with van der Waals surface area (Å²) >= 11 is 2.74. The molecule has 0 radical (unpaired) electrons. The SMILES string of the molecule is N[C@@H](C(=O)N[C@@H]1C(=O)N2C(C(=O)O)=C(CSc3cn[nH]n3)CS[C@H]12)c1ccccc1. The fourth-order valence-electron chi connectivity index (χ4n) is 3.27. The summed E-state index contributed by atoms with van der Waals surface area (Å²) in [7, 11) is 0. The first kappa shape index (κ1) is 20.4. The lowest BCUT2D eigenvalue weighted by Gasteiger charge is -2.49. The van der Waals surface area contributed by atoms with Gasteiger partial charge in [-0.15, -0.1) is 16.9 Å². The molecule has 0 spiro atoms. The van der Waals surface area contributed by atoms with E-state index >= 15 is 0 Å². The predicted octanol–water partition coefficient (Wildman–Crippen LogP) is 0.335. The van der Waals surface area contributed by atoms with Crippen LogP contribution in [-0.2, 0) is 14.4 Å². The Hall–Kier alpha value is -2.83. The number of rotatable bonds is 7. The highest BCUT2D eigenvalue weighted by atomic mass is 32.2. The summed E-state index contributed by atoms with van der Waals surface area (Å²) < 4.78 is 0. The first-order valence-electron chi connectivity index (χ1n) is 8.97. The number of carbonyl (C=O) groups excluding carboxylic acids is 2. The van der Waals surface area contributed by atoms with E-state index in [1.807, 2.05) is 6.07 Å². The standard InChI is InChI=1S/C18H18N6O4S2/c19-12(9-4-2-1-3-5-9)15(25)21-13-16(26)24-14(18(27)28)10(8-30-17(13)24)7-29-11-6-20-23-22-11/h1-6,12-13,17H,7-8,19H2,(H,21,25)(H,27,28)(H,20,22,23)/t12-,13-,17-/m1/s1. The Morgan fingerprint density at radius 1 is 1.40 bits per heavy atom. The third-order valence-corrected chi connectivity index (χ3v) is 7.10. The van der Waals surface area contributed by atoms with Gasteiger partial charge in [-0.3, -0.25) is 14.5 Å². The minimum atomic E-state index is -1.17. The van der Waals surface area contributed by atoms with Crippen LogP contribution >= 0.6 is 23.5 Å². The predicted molar refractivity (Wildman–Crippen MR) is 110 cm³/mol. The Labute approximate surface area is 179 Å². The number of β-lactam (4-membered cyclic amide) rings is 1. The Kier molecular flexibility index (Phi) is 5.79. The summed E-state index contributed by atoms with van der Waals surface area (Å²) in [4.78, 5) is 38.3. The van der Waals surface area contributed by atoms with E-state index in [2.05, 4.69) is 20.7 Å². The molecule has 2 aliphatic heterocycles. The molecule has 2 aliphatic rings. The van der Waals surface area contributed by atoms with Crippen LogP contribution in [0.3, 0.4) is 0 Å². The molecule has 0 unspecified atom stereocenters. The molecule has 1 fully saturated rings. The normalized spacial score (nSPS) is 21.6. The molecule has 0 bridgehead atoms. The van der Waals surface area contributed by atoms with Gasteiger partial charge in [0.25, 0.3) is 5.91 Å². The van der Waals surface area contributed by atoms with E-state index in [1.54, 1.807) is 30.5 Å². The largest absolute Gasteiger partial charge is 0.477 e. The van der Waals surface area contributed by atoms with Gasteiger partial charge in [0, 0.05) is 11.5 Å². The van der Waals surface area contributed by atoms with E-state index in [-0.39, 0.29) is 5.70 Å². The number of carboxylic acid groups (broad SMARTS) is 1. The number of aromatic nitrogens is 3. The maximum absolute atomic E-state index is 12.7. The molecule has 1 saturated heterocycles. The summed E-state index contributed by atoms with van der Waals surface area (Å²) in [5.74, 6) is -1.31. The van der Waals surface area contributed by atoms with Gasteiger partial charge in [0.1, 0.15) is 28.2 Å². The van der Waals surface area contributed by atoms with Crippen LogP contribution in [0.4, 0.5) is 0 Å². The number of thioether (sulfide) groups is 2. The van der Waals surface area contributed by atoms with Crippen LogP contribution in [0.5, 0.6) is 0 Å². The number of nitrogens with two attached hydrogens (primary N) is 1. The van der Waals surface area contributed by atoms with Gasteiger partial charge in [-0.1, -0.05) is 42.1 Å². The molecular weight excluding hydrogens is 428 g/mol. The molecule has 3 heterocycles. The van der Waals surface area contributed by atoms with Crippen LogP contribution in [0.2, 0.25) is 0 Å². The Morgan fingerprint density at radius 2 is 2.17 bits per heavy atom. The number of benzene rings is 1. The van der Waals surface area contributed by atoms with Crippen molar-refractivity contribution in [2.45, 2.75) is 22.5 Å². The number of aromatic amines is 1. The third kappa shape index (κ3) is 3.80. The van der Waals surface area contributed by atoms with Crippen LogP contribution in [-0.4, -0.2) is 66.1 Å². The minimum Gasteiger partial charge on any atom is -0.477 e. The first-order chi connectivity index (χ1) is 14.5. The Balaban J connectivity index is 1.46. The van der Waals surface area contributed by atoms with Crippen molar-refractivity contribution in [2.75, 3.05) is 11.5 Å². The lowest BCUT2D eigenvalue weighted by molar-refractivity contribution is -0.150. The van der Waals surface area contributed by atoms with E-state index in [9.17, 15) is 19.5 Å². The number of amides is 2. The first-order valence-corrected chi connectivity index (χ1v) is 11.0. The zero-order chi connectivity index (χ0) is 21.3. The molecule has 1 aromatic carbocycles. The number of carbonyl (C=O) groups is 3. The van der Waals surface area contributed by atoms with Crippen molar-refractivity contribution >= 4 is 41.3 Å². The van der Waals surface area contributed by atoms with Gasteiger partial charge in [-0.25, -0.2) is 4.79 Å². The van der Waals surface area contributed by atoms with Crippen molar-refractivity contribution in [1.82, 2.24) is 25.6 Å². The highest BCUT2D eigenvalue weighted by Crippen LogP contribution is 2.41. The molecule has 156 valence electrons. The topological polar surface area (TPSA) is 154 Å². The van der Waals surface area contributed by atoms with E-state index < -0.39 is 35.2 Å². The number of fused-ring (bicyclic) bond motifs is 1. The fourth-order valence-corrected chi connectivity index (χ4v) is 5.54. The number of aliphatic carboxylic acids is 1. The van der Waals surface area contributed by atoms with Gasteiger partial charge in [-0.2, -0.15) is 10.3 Å². The van der Waals surface area contributed by atoms with E-state index in [0.29, 0.717) is 27.7 Å². The van der Waals surface area contributed by atoms with Gasteiger partial charge in [0.2, 0.25) is 5.91 Å². The molecule has 0 saturated carbocycles. The van der Waals surface area contributed by atoms with Crippen molar-refractivity contribution < 1.29 is 19.5 Å². The van der Waals surface area contributed by atoms with Crippen molar-refractivity contribution in [3.63, 3.8) is 0 Å². The Morgan fingerprint density at radius 3 is 2.83 bits per heavy atom. The number of nitrogens with one attached hydrogen (secondary N) is 2. The molecule has 3 atom stereocenters. The summed E-state index contributed by atoms with van der Waals surface area (Å²) in [6.45, 7) is 0. The van der Waals surface area contributed by atoms with E-state index in [4.69, 9.17) is 5.73 Å². The highest BCUT2D eigenvalue weighted by Gasteiger charge is 2.54. The summed E-state index contributed by atoms with van der Waals surface area (Å²) in [6, 6.07) is 7.12. The average molecular weight is 447 g/mol. The molecule has 2 amide bonds. The van der Waals surface area contributed by atoms with Gasteiger partial charge in [0.15, 0.2) is 0 Å². The number of hydrogen-bond acceptors (Lipinski definition) is 8. The van der Waals surface area contributed by atoms with Crippen LogP contribution in [0.1, 0.15) is 11.6 Å². The number of H-pyrrole nitrogens is 1. The lowest BCUT2D eigenvalue weighted by Crippen LogP contribution is -2.71. The molecule has 5 N–H and O–H groups in total. The zero-order valence-corrected chi connectivity index (χ0v) is 17.2. The molecule has 30 heavy (non-hydrogen) atoms. The van der Waals surface area contributed by atoms with Gasteiger partial charge in [0.05, 0.1) is 6.20 Å². The summed E-state index contributed by atoms with van der Waals surface area (Å²) in [5, 5.41) is 22.7. The van der Waals surface area contributed by atoms with Gasteiger partial charge >= 0.3 is 5.97 Å². The third-order valence-electron chi connectivity index (χ3n) is 4.78. The van der Waals surface area contributed by atoms with Crippen LogP contribution in [0, 0.1) is 0 Å². The molecule has 1 aromatic heterocycles. The van der Waals surface area contributed by atoms with Crippen LogP contribution in [0.15, 0.2) is 52.8 Å². The quantitative estimate of drug-likeness (QED) is 0.348. The van der Waals surface area contributed by atoms with Crippen LogP contribution < -0.4 is 11.1 Å². The zero-order valence-electron chi connectivity index (χ0n) is 15.5. The average Bonchev–Trinajstić information content (AvgIpc) is 3.28. The van der Waals surface area contributed by atoms with E-state index in [0.717, 1.165) is 0 Å². The minimum absolute atomic E-state index is 0.0300. The number of carboxylic acids is 1. The summed E-state index contributed by atoms with van der Waals surface area (Å²) in [6.07, 6.45) is 1.54. The van der Waals surface area contributed by atoms with Crippen molar-refractivity contribution in [3.8, 4) is 0 Å². The van der Waals surface area contributed by atoms with Crippen LogP contribution in [0.25, 0.3) is 0 Å².